The van der Waals surface area contributed by atoms with Gasteiger partial charge in [-0.05, 0) is 24.6 Å². The second-order valence-corrected chi connectivity index (χ2v) is 4.57. The number of aryl methyl sites for hydroxylation is 1. The Labute approximate surface area is 119 Å². The van der Waals surface area contributed by atoms with E-state index in [1.807, 2.05) is 6.92 Å². The zero-order chi connectivity index (χ0) is 15.6. The van der Waals surface area contributed by atoms with Crippen LogP contribution in [0.2, 0.25) is 0 Å². The van der Waals surface area contributed by atoms with Crippen LogP contribution >= 0.6 is 0 Å². The van der Waals surface area contributed by atoms with Gasteiger partial charge < -0.3 is 10.3 Å². The van der Waals surface area contributed by atoms with E-state index in [0.717, 1.165) is 24.6 Å². The fraction of sp³-hybridized carbons (Fsp3) is 0.286. The maximum absolute atomic E-state index is 12.7. The number of ketones is 1. The molecule has 0 radical (unpaired) electrons. The first-order valence-electron chi connectivity index (χ1n) is 6.37. The van der Waals surface area contributed by atoms with E-state index in [0.29, 0.717) is 6.54 Å². The molecule has 0 spiro atoms. The molecule has 7 heteroatoms. The number of aromatic nitrogens is 2. The standard InChI is InChI=1S/C14H14F3N3O/c1-2-6-20-7-5-19-13(20)12(21)10-8-9(14(15,16)17)3-4-11(10)18/h3-5,7-8H,2,6,18H2,1H3. The molecular weight excluding hydrogens is 283 g/mol. The van der Waals surface area contributed by atoms with Crippen molar-refractivity contribution in [3.63, 3.8) is 0 Å². The van der Waals surface area contributed by atoms with Crippen LogP contribution in [0.15, 0.2) is 30.6 Å². The number of anilines is 1. The molecule has 0 fully saturated rings. The van der Waals surface area contributed by atoms with Crippen LogP contribution in [0.1, 0.15) is 35.1 Å². The number of nitrogens with two attached hydrogens (primary N) is 1. The van der Waals surface area contributed by atoms with Crippen LogP contribution in [0.25, 0.3) is 0 Å². The van der Waals surface area contributed by atoms with Gasteiger partial charge in [-0.25, -0.2) is 4.98 Å². The zero-order valence-electron chi connectivity index (χ0n) is 11.3. The lowest BCUT2D eigenvalue weighted by Crippen LogP contribution is -2.15. The van der Waals surface area contributed by atoms with E-state index in [4.69, 9.17) is 5.73 Å². The second kappa shape index (κ2) is 5.59. The quantitative estimate of drug-likeness (QED) is 0.696. The Kier molecular flexibility index (Phi) is 4.02. The maximum atomic E-state index is 12.7. The summed E-state index contributed by atoms with van der Waals surface area (Å²) in [7, 11) is 0. The number of alkyl halides is 3. The minimum Gasteiger partial charge on any atom is -0.398 e. The Morgan fingerprint density at radius 1 is 1.38 bits per heavy atom. The number of hydrogen-bond acceptors (Lipinski definition) is 3. The van der Waals surface area contributed by atoms with Crippen LogP contribution in [0.4, 0.5) is 18.9 Å². The van der Waals surface area contributed by atoms with E-state index in [1.165, 1.54) is 6.20 Å². The smallest absolute Gasteiger partial charge is 0.398 e. The van der Waals surface area contributed by atoms with Gasteiger partial charge in [0.1, 0.15) is 0 Å². The van der Waals surface area contributed by atoms with E-state index in [2.05, 4.69) is 4.98 Å². The predicted molar refractivity (Wildman–Crippen MR) is 71.8 cm³/mol. The van der Waals surface area contributed by atoms with Crippen LogP contribution < -0.4 is 5.73 Å². The summed E-state index contributed by atoms with van der Waals surface area (Å²) in [6, 6.07) is 2.70. The number of hydrogen-bond donors (Lipinski definition) is 1. The molecule has 1 aromatic carbocycles. The van der Waals surface area contributed by atoms with Crippen molar-refractivity contribution in [3.05, 3.63) is 47.5 Å². The molecular formula is C14H14F3N3O. The van der Waals surface area contributed by atoms with Gasteiger partial charge in [-0.1, -0.05) is 6.92 Å². The van der Waals surface area contributed by atoms with Crippen molar-refractivity contribution in [2.24, 2.45) is 0 Å². The minimum atomic E-state index is -4.53. The zero-order valence-corrected chi connectivity index (χ0v) is 11.3. The molecule has 0 aliphatic carbocycles. The van der Waals surface area contributed by atoms with Crippen LogP contribution in [-0.4, -0.2) is 15.3 Å². The Hall–Kier alpha value is -2.31. The van der Waals surface area contributed by atoms with Gasteiger partial charge in [-0.15, -0.1) is 0 Å². The van der Waals surface area contributed by atoms with Gasteiger partial charge in [0.2, 0.25) is 5.78 Å². The van der Waals surface area contributed by atoms with Crippen LogP contribution in [0, 0.1) is 0 Å². The maximum Gasteiger partial charge on any atom is 0.416 e. The highest BCUT2D eigenvalue weighted by Gasteiger charge is 2.32. The number of halogens is 3. The summed E-state index contributed by atoms with van der Waals surface area (Å²) in [5.41, 5.74) is 4.54. The van der Waals surface area contributed by atoms with Crippen LogP contribution in [-0.2, 0) is 12.7 Å². The first kappa shape index (κ1) is 15.1. The van der Waals surface area contributed by atoms with Gasteiger partial charge >= 0.3 is 6.18 Å². The number of nitrogen functional groups attached to an aromatic ring is 1. The number of imidazole rings is 1. The molecule has 2 rings (SSSR count). The van der Waals surface area contributed by atoms with Crippen molar-refractivity contribution in [1.29, 1.82) is 0 Å². The fourth-order valence-electron chi connectivity index (χ4n) is 1.99. The summed E-state index contributed by atoms with van der Waals surface area (Å²) >= 11 is 0. The summed E-state index contributed by atoms with van der Waals surface area (Å²) in [4.78, 5) is 16.3. The molecule has 0 aliphatic heterocycles. The van der Waals surface area contributed by atoms with Crippen molar-refractivity contribution < 1.29 is 18.0 Å². The summed E-state index contributed by atoms with van der Waals surface area (Å²) in [5.74, 6) is -0.528. The molecule has 0 unspecified atom stereocenters. The molecule has 0 saturated carbocycles. The molecule has 0 bridgehead atoms. The van der Waals surface area contributed by atoms with Crippen LogP contribution in [0.5, 0.6) is 0 Å². The summed E-state index contributed by atoms with van der Waals surface area (Å²) in [5, 5.41) is 0. The van der Waals surface area contributed by atoms with E-state index in [1.54, 1.807) is 10.8 Å². The van der Waals surface area contributed by atoms with Gasteiger partial charge in [0.05, 0.1) is 5.56 Å². The first-order valence-corrected chi connectivity index (χ1v) is 6.37. The van der Waals surface area contributed by atoms with Crippen LogP contribution in [0.3, 0.4) is 0 Å². The molecule has 112 valence electrons. The van der Waals surface area contributed by atoms with Crippen molar-refractivity contribution in [2.45, 2.75) is 26.1 Å². The molecule has 0 aliphatic rings. The lowest BCUT2D eigenvalue weighted by Gasteiger charge is -2.11. The van der Waals surface area contributed by atoms with E-state index < -0.39 is 17.5 Å². The van der Waals surface area contributed by atoms with E-state index >= 15 is 0 Å². The highest BCUT2D eigenvalue weighted by molar-refractivity contribution is 6.10. The Morgan fingerprint density at radius 3 is 2.71 bits per heavy atom. The van der Waals surface area contributed by atoms with Gasteiger partial charge in [0.25, 0.3) is 0 Å². The number of carbonyl (C=O) groups is 1. The SMILES string of the molecule is CCCn1ccnc1C(=O)c1cc(C(F)(F)F)ccc1N. The van der Waals surface area contributed by atoms with Gasteiger partial charge in [-0.3, -0.25) is 4.79 Å². The third-order valence-electron chi connectivity index (χ3n) is 3.01. The fourth-order valence-corrected chi connectivity index (χ4v) is 1.99. The Bertz CT molecular complexity index is 662. The molecule has 2 N–H and O–H groups in total. The summed E-state index contributed by atoms with van der Waals surface area (Å²) in [6.07, 6.45) is -0.705. The van der Waals surface area contributed by atoms with E-state index in [-0.39, 0.29) is 17.1 Å². The molecule has 1 aromatic heterocycles. The van der Waals surface area contributed by atoms with Crippen molar-refractivity contribution in [3.8, 4) is 0 Å². The van der Waals surface area contributed by atoms with Gasteiger partial charge in [0.15, 0.2) is 5.82 Å². The van der Waals surface area contributed by atoms with Gasteiger partial charge in [-0.2, -0.15) is 13.2 Å². The van der Waals surface area contributed by atoms with E-state index in [9.17, 15) is 18.0 Å². The number of nitrogens with zero attached hydrogens (tertiary/aromatic N) is 2. The number of carbonyl (C=O) groups excluding carboxylic acids is 1. The largest absolute Gasteiger partial charge is 0.416 e. The Balaban J connectivity index is 2.45. The highest BCUT2D eigenvalue weighted by Crippen LogP contribution is 2.31. The molecule has 0 amide bonds. The average Bonchev–Trinajstić information content (AvgIpc) is 2.86. The molecule has 2 aromatic rings. The van der Waals surface area contributed by atoms with Crippen molar-refractivity contribution in [2.75, 3.05) is 5.73 Å². The van der Waals surface area contributed by atoms with Gasteiger partial charge in [0, 0.05) is 30.2 Å². The molecule has 21 heavy (non-hydrogen) atoms. The normalized spacial score (nSPS) is 11.6. The lowest BCUT2D eigenvalue weighted by molar-refractivity contribution is -0.137. The molecule has 0 saturated heterocycles. The predicted octanol–water partition coefficient (Wildman–Crippen LogP) is 3.13. The third kappa shape index (κ3) is 3.07. The Morgan fingerprint density at radius 2 is 2.10 bits per heavy atom. The third-order valence-corrected chi connectivity index (χ3v) is 3.01. The van der Waals surface area contributed by atoms with Crippen molar-refractivity contribution in [1.82, 2.24) is 9.55 Å². The number of benzene rings is 1. The minimum absolute atomic E-state index is 0.000881. The molecule has 0 atom stereocenters. The lowest BCUT2D eigenvalue weighted by atomic mass is 10.0. The monoisotopic (exact) mass is 297 g/mol. The number of rotatable bonds is 4. The average molecular weight is 297 g/mol. The second-order valence-electron chi connectivity index (χ2n) is 4.57. The molecule has 1 heterocycles. The highest BCUT2D eigenvalue weighted by atomic mass is 19.4. The first-order chi connectivity index (χ1) is 9.84. The topological polar surface area (TPSA) is 60.9 Å². The van der Waals surface area contributed by atoms with Crippen molar-refractivity contribution >= 4 is 11.5 Å². The molecule has 4 nitrogen and oxygen atoms in total. The summed E-state index contributed by atoms with van der Waals surface area (Å²) in [6.45, 7) is 2.48. The summed E-state index contributed by atoms with van der Waals surface area (Å²) < 4.78 is 39.8.